The fraction of sp³-hybridized carbons (Fsp3) is 0.350. The molecule has 1 N–H and O–H groups in total. The first-order chi connectivity index (χ1) is 12.0. The van der Waals surface area contributed by atoms with Gasteiger partial charge in [0, 0.05) is 32.0 Å². The van der Waals surface area contributed by atoms with Crippen LogP contribution in [-0.4, -0.2) is 28.2 Å². The Morgan fingerprint density at radius 3 is 2.52 bits per heavy atom. The van der Waals surface area contributed by atoms with Gasteiger partial charge in [-0.05, 0) is 49.1 Å². The average Bonchev–Trinajstić information content (AvgIpc) is 2.65. The molecule has 0 unspecified atom stereocenters. The van der Waals surface area contributed by atoms with Crippen LogP contribution < -0.4 is 5.32 Å². The standard InChI is InChI=1S/C20H23N3O2/c1-20(2,18(24)22-13-15-7-10-21-11-8-15)19(25)23-12-9-16-5-3-4-6-17(16)14-23/h3-8,10-11H,9,12-14H2,1-2H3,(H,22,24). The van der Waals surface area contributed by atoms with E-state index in [1.165, 1.54) is 5.56 Å². The van der Waals surface area contributed by atoms with Crippen molar-refractivity contribution in [3.63, 3.8) is 0 Å². The zero-order valence-electron chi connectivity index (χ0n) is 14.7. The average molecular weight is 337 g/mol. The van der Waals surface area contributed by atoms with Gasteiger partial charge in [0.1, 0.15) is 5.41 Å². The number of benzene rings is 1. The van der Waals surface area contributed by atoms with E-state index in [-0.39, 0.29) is 11.8 Å². The Bertz CT molecular complexity index is 772. The van der Waals surface area contributed by atoms with Crippen LogP contribution in [0.5, 0.6) is 0 Å². The minimum absolute atomic E-state index is 0.130. The van der Waals surface area contributed by atoms with Gasteiger partial charge in [0.15, 0.2) is 0 Å². The summed E-state index contributed by atoms with van der Waals surface area (Å²) in [6.07, 6.45) is 4.20. The van der Waals surface area contributed by atoms with E-state index < -0.39 is 5.41 Å². The fourth-order valence-electron chi connectivity index (χ4n) is 3.07. The lowest BCUT2D eigenvalue weighted by Crippen LogP contribution is -2.50. The molecule has 5 heteroatoms. The zero-order valence-corrected chi connectivity index (χ0v) is 14.7. The molecule has 25 heavy (non-hydrogen) atoms. The Balaban J connectivity index is 1.65. The molecule has 1 aromatic heterocycles. The predicted octanol–water partition coefficient (Wildman–Crippen LogP) is 2.31. The van der Waals surface area contributed by atoms with E-state index in [1.54, 1.807) is 31.1 Å². The van der Waals surface area contributed by atoms with E-state index in [1.807, 2.05) is 30.3 Å². The SMILES string of the molecule is CC(C)(C(=O)NCc1ccncc1)C(=O)N1CCc2ccccc2C1. The highest BCUT2D eigenvalue weighted by atomic mass is 16.2. The van der Waals surface area contributed by atoms with Crippen molar-refractivity contribution in [1.29, 1.82) is 0 Å². The highest BCUT2D eigenvalue weighted by Gasteiger charge is 2.39. The van der Waals surface area contributed by atoms with Gasteiger partial charge in [-0.3, -0.25) is 14.6 Å². The topological polar surface area (TPSA) is 62.3 Å². The Hall–Kier alpha value is -2.69. The maximum atomic E-state index is 12.9. The number of hydrogen-bond acceptors (Lipinski definition) is 3. The van der Waals surface area contributed by atoms with Crippen molar-refractivity contribution >= 4 is 11.8 Å². The summed E-state index contributed by atoms with van der Waals surface area (Å²) in [6.45, 7) is 4.99. The van der Waals surface area contributed by atoms with Crippen LogP contribution in [0.3, 0.4) is 0 Å². The molecule has 0 saturated heterocycles. The molecule has 2 amide bonds. The Morgan fingerprint density at radius 1 is 1.12 bits per heavy atom. The molecule has 0 aliphatic carbocycles. The highest BCUT2D eigenvalue weighted by Crippen LogP contribution is 2.25. The normalized spacial score (nSPS) is 13.9. The largest absolute Gasteiger partial charge is 0.351 e. The summed E-state index contributed by atoms with van der Waals surface area (Å²) >= 11 is 0. The van der Waals surface area contributed by atoms with E-state index in [9.17, 15) is 9.59 Å². The van der Waals surface area contributed by atoms with Crippen LogP contribution >= 0.6 is 0 Å². The van der Waals surface area contributed by atoms with Crippen molar-refractivity contribution < 1.29 is 9.59 Å². The molecule has 0 atom stereocenters. The molecule has 2 heterocycles. The molecule has 1 aliphatic heterocycles. The molecular formula is C20H23N3O2. The smallest absolute Gasteiger partial charge is 0.238 e. The first-order valence-corrected chi connectivity index (χ1v) is 8.52. The molecule has 0 spiro atoms. The van der Waals surface area contributed by atoms with Crippen LogP contribution in [0.1, 0.15) is 30.5 Å². The first-order valence-electron chi connectivity index (χ1n) is 8.52. The number of hydrogen-bond donors (Lipinski definition) is 1. The van der Waals surface area contributed by atoms with Gasteiger partial charge in [0.25, 0.3) is 0 Å². The number of rotatable bonds is 4. The van der Waals surface area contributed by atoms with Crippen LogP contribution in [0.4, 0.5) is 0 Å². The summed E-state index contributed by atoms with van der Waals surface area (Å²) in [5.41, 5.74) is 2.30. The van der Waals surface area contributed by atoms with Gasteiger partial charge in [0.05, 0.1) is 0 Å². The fourth-order valence-corrected chi connectivity index (χ4v) is 3.07. The summed E-state index contributed by atoms with van der Waals surface area (Å²) in [6, 6.07) is 11.8. The molecule has 2 aromatic rings. The van der Waals surface area contributed by atoms with Crippen LogP contribution in [0.2, 0.25) is 0 Å². The molecule has 0 saturated carbocycles. The third-order valence-corrected chi connectivity index (χ3v) is 4.72. The van der Waals surface area contributed by atoms with Crippen molar-refractivity contribution in [3.8, 4) is 0 Å². The number of pyridine rings is 1. The maximum absolute atomic E-state index is 12.9. The van der Waals surface area contributed by atoms with Crippen molar-refractivity contribution in [2.24, 2.45) is 5.41 Å². The third-order valence-electron chi connectivity index (χ3n) is 4.72. The molecule has 0 radical (unpaired) electrons. The highest BCUT2D eigenvalue weighted by molar-refractivity contribution is 6.04. The number of carbonyl (C=O) groups is 2. The molecule has 0 bridgehead atoms. The molecule has 3 rings (SSSR count). The van der Waals surface area contributed by atoms with E-state index in [0.717, 1.165) is 17.5 Å². The number of nitrogens with zero attached hydrogens (tertiary/aromatic N) is 2. The van der Waals surface area contributed by atoms with Crippen molar-refractivity contribution in [3.05, 3.63) is 65.5 Å². The minimum Gasteiger partial charge on any atom is -0.351 e. The molecule has 130 valence electrons. The lowest BCUT2D eigenvalue weighted by molar-refractivity contribution is -0.149. The number of fused-ring (bicyclic) bond motifs is 1. The minimum atomic E-state index is -1.10. The van der Waals surface area contributed by atoms with Gasteiger partial charge >= 0.3 is 0 Å². The molecule has 5 nitrogen and oxygen atoms in total. The van der Waals surface area contributed by atoms with Crippen molar-refractivity contribution in [2.45, 2.75) is 33.4 Å². The van der Waals surface area contributed by atoms with Crippen molar-refractivity contribution in [2.75, 3.05) is 6.54 Å². The number of aromatic nitrogens is 1. The summed E-state index contributed by atoms with van der Waals surface area (Å²) in [7, 11) is 0. The predicted molar refractivity (Wildman–Crippen MR) is 95.4 cm³/mol. The van der Waals surface area contributed by atoms with Crippen LogP contribution in [0.15, 0.2) is 48.8 Å². The van der Waals surface area contributed by atoms with Gasteiger partial charge in [-0.25, -0.2) is 0 Å². The summed E-state index contributed by atoms with van der Waals surface area (Å²) in [5, 5.41) is 2.86. The molecule has 0 fully saturated rings. The van der Waals surface area contributed by atoms with Crippen LogP contribution in [0, 0.1) is 5.41 Å². The van der Waals surface area contributed by atoms with Gasteiger partial charge in [-0.2, -0.15) is 0 Å². The number of carbonyl (C=O) groups excluding carboxylic acids is 2. The lowest BCUT2D eigenvalue weighted by atomic mass is 9.88. The Morgan fingerprint density at radius 2 is 1.80 bits per heavy atom. The maximum Gasteiger partial charge on any atom is 0.238 e. The first kappa shape index (κ1) is 17.1. The zero-order chi connectivity index (χ0) is 17.9. The van der Waals surface area contributed by atoms with Gasteiger partial charge in [0.2, 0.25) is 11.8 Å². The summed E-state index contributed by atoms with van der Waals surface area (Å²) in [4.78, 5) is 31.3. The number of amides is 2. The van der Waals surface area contributed by atoms with Gasteiger partial charge in [-0.1, -0.05) is 24.3 Å². The van der Waals surface area contributed by atoms with E-state index >= 15 is 0 Å². The van der Waals surface area contributed by atoms with Gasteiger partial charge < -0.3 is 10.2 Å². The van der Waals surface area contributed by atoms with E-state index in [0.29, 0.717) is 19.6 Å². The lowest BCUT2D eigenvalue weighted by Gasteiger charge is -2.34. The monoisotopic (exact) mass is 337 g/mol. The molecule has 1 aliphatic rings. The van der Waals surface area contributed by atoms with E-state index in [2.05, 4.69) is 16.4 Å². The second-order valence-corrected chi connectivity index (χ2v) is 6.91. The Kier molecular flexibility index (Phi) is 4.83. The second kappa shape index (κ2) is 7.05. The molecular weight excluding hydrogens is 314 g/mol. The van der Waals surface area contributed by atoms with Crippen LogP contribution in [0.25, 0.3) is 0 Å². The van der Waals surface area contributed by atoms with Crippen LogP contribution in [-0.2, 0) is 29.1 Å². The van der Waals surface area contributed by atoms with Crippen molar-refractivity contribution in [1.82, 2.24) is 15.2 Å². The summed E-state index contributed by atoms with van der Waals surface area (Å²) < 4.78 is 0. The van der Waals surface area contributed by atoms with E-state index in [4.69, 9.17) is 0 Å². The summed E-state index contributed by atoms with van der Waals surface area (Å²) in [5.74, 6) is -0.387. The second-order valence-electron chi connectivity index (χ2n) is 6.91. The van der Waals surface area contributed by atoms with Gasteiger partial charge in [-0.15, -0.1) is 0 Å². The number of nitrogens with one attached hydrogen (secondary N) is 1. The quantitative estimate of drug-likeness (QED) is 0.871. The Labute approximate surface area is 148 Å². The molecule has 1 aromatic carbocycles. The third kappa shape index (κ3) is 3.71.